The van der Waals surface area contributed by atoms with E-state index in [0.717, 1.165) is 48.1 Å². The van der Waals surface area contributed by atoms with E-state index in [-0.39, 0.29) is 18.3 Å². The van der Waals surface area contributed by atoms with Crippen LogP contribution in [0.2, 0.25) is 0 Å². The third-order valence-electron chi connectivity index (χ3n) is 5.11. The lowest BCUT2D eigenvalue weighted by atomic mass is 10.0. The highest BCUT2D eigenvalue weighted by Crippen LogP contribution is 2.37. The van der Waals surface area contributed by atoms with Crippen molar-refractivity contribution in [3.8, 4) is 16.9 Å². The number of piperidine rings is 1. The molecule has 0 radical (unpaired) electrons. The average molecular weight is 367 g/mol. The number of aliphatic carboxylic acids is 1. The zero-order chi connectivity index (χ0) is 19.0. The van der Waals surface area contributed by atoms with E-state index in [1.807, 2.05) is 17.2 Å². The number of hydrogen-bond donors (Lipinski definition) is 3. The molecule has 4 N–H and O–H groups in total. The normalized spacial score (nSPS) is 16.0. The molecule has 0 aliphatic carbocycles. The zero-order valence-electron chi connectivity index (χ0n) is 14.7. The van der Waals surface area contributed by atoms with Crippen molar-refractivity contribution < 1.29 is 15.0 Å². The Balaban J connectivity index is 1.72. The van der Waals surface area contributed by atoms with Gasteiger partial charge in [-0.05, 0) is 30.5 Å². The second-order valence-corrected chi connectivity index (χ2v) is 6.86. The van der Waals surface area contributed by atoms with Gasteiger partial charge in [-0.3, -0.25) is 9.69 Å². The summed E-state index contributed by atoms with van der Waals surface area (Å²) < 4.78 is 2.12. The number of carboxylic acids is 1. The van der Waals surface area contributed by atoms with Crippen LogP contribution in [0.3, 0.4) is 0 Å². The smallest absolute Gasteiger partial charge is 0.317 e. The summed E-state index contributed by atoms with van der Waals surface area (Å²) in [5.41, 5.74) is 8.65. The third kappa shape index (κ3) is 3.31. The fraction of sp³-hybridized carbons (Fsp3) is 0.316. The Morgan fingerprint density at radius 1 is 1.26 bits per heavy atom. The number of benzene rings is 1. The predicted molar refractivity (Wildman–Crippen MR) is 101 cm³/mol. The fourth-order valence-corrected chi connectivity index (χ4v) is 3.83. The van der Waals surface area contributed by atoms with E-state index in [9.17, 15) is 9.90 Å². The summed E-state index contributed by atoms with van der Waals surface area (Å²) in [5, 5.41) is 19.6. The number of anilines is 1. The summed E-state index contributed by atoms with van der Waals surface area (Å²) in [6.45, 7) is 1.51. The Kier molecular flexibility index (Phi) is 4.41. The maximum absolute atomic E-state index is 10.9. The monoisotopic (exact) mass is 367 g/mol. The van der Waals surface area contributed by atoms with Crippen LogP contribution in [0, 0.1) is 0 Å². The Morgan fingerprint density at radius 2 is 2.04 bits per heavy atom. The average Bonchev–Trinajstić information content (AvgIpc) is 3.03. The number of likely N-dealkylation sites (tertiary alicyclic amines) is 1. The van der Waals surface area contributed by atoms with E-state index in [2.05, 4.69) is 14.5 Å². The van der Waals surface area contributed by atoms with Crippen LogP contribution in [-0.4, -0.2) is 55.3 Å². The molecule has 0 amide bonds. The van der Waals surface area contributed by atoms with Crippen LogP contribution >= 0.6 is 0 Å². The van der Waals surface area contributed by atoms with Gasteiger partial charge in [0.1, 0.15) is 23.5 Å². The van der Waals surface area contributed by atoms with Gasteiger partial charge in [0.05, 0.1) is 11.9 Å². The maximum Gasteiger partial charge on any atom is 0.317 e. The van der Waals surface area contributed by atoms with E-state index in [1.165, 1.54) is 6.33 Å². The molecule has 1 fully saturated rings. The molecule has 1 aromatic carbocycles. The molecule has 8 heteroatoms. The molecule has 3 aromatic rings. The van der Waals surface area contributed by atoms with Crippen LogP contribution in [-0.2, 0) is 4.79 Å². The van der Waals surface area contributed by atoms with E-state index >= 15 is 0 Å². The number of aromatic nitrogens is 3. The van der Waals surface area contributed by atoms with Crippen LogP contribution in [0.15, 0.2) is 36.8 Å². The Labute approximate surface area is 155 Å². The molecule has 140 valence electrons. The van der Waals surface area contributed by atoms with Crippen molar-refractivity contribution in [3.05, 3.63) is 36.8 Å². The summed E-state index contributed by atoms with van der Waals surface area (Å²) in [4.78, 5) is 21.5. The van der Waals surface area contributed by atoms with Gasteiger partial charge >= 0.3 is 5.97 Å². The summed E-state index contributed by atoms with van der Waals surface area (Å²) in [7, 11) is 0. The molecule has 1 saturated heterocycles. The van der Waals surface area contributed by atoms with Crippen LogP contribution in [0.5, 0.6) is 5.75 Å². The van der Waals surface area contributed by atoms with Crippen LogP contribution in [0.25, 0.3) is 22.2 Å². The van der Waals surface area contributed by atoms with Gasteiger partial charge in [-0.25, -0.2) is 9.97 Å². The predicted octanol–water partition coefficient (Wildman–Crippen LogP) is 2.11. The first-order valence-corrected chi connectivity index (χ1v) is 8.87. The Morgan fingerprint density at radius 3 is 2.74 bits per heavy atom. The molecule has 0 saturated carbocycles. The van der Waals surface area contributed by atoms with Crippen LogP contribution in [0.4, 0.5) is 5.82 Å². The van der Waals surface area contributed by atoms with Crippen LogP contribution < -0.4 is 5.73 Å². The molecular formula is C19H21N5O3. The van der Waals surface area contributed by atoms with E-state index in [0.29, 0.717) is 5.82 Å². The van der Waals surface area contributed by atoms with Crippen molar-refractivity contribution in [1.82, 2.24) is 19.4 Å². The number of aromatic hydroxyl groups is 1. The summed E-state index contributed by atoms with van der Waals surface area (Å²) >= 11 is 0. The van der Waals surface area contributed by atoms with Crippen molar-refractivity contribution >= 4 is 22.8 Å². The lowest BCUT2D eigenvalue weighted by Crippen LogP contribution is -2.37. The summed E-state index contributed by atoms with van der Waals surface area (Å²) in [5.74, 6) is -0.210. The van der Waals surface area contributed by atoms with E-state index < -0.39 is 5.97 Å². The second-order valence-electron chi connectivity index (χ2n) is 6.86. The molecule has 0 unspecified atom stereocenters. The first-order chi connectivity index (χ1) is 13.0. The van der Waals surface area contributed by atoms with Gasteiger partial charge in [0.25, 0.3) is 0 Å². The van der Waals surface area contributed by atoms with Crippen molar-refractivity contribution in [2.24, 2.45) is 0 Å². The van der Waals surface area contributed by atoms with E-state index in [4.69, 9.17) is 10.8 Å². The molecule has 4 rings (SSSR count). The molecule has 2 aromatic heterocycles. The highest BCUT2D eigenvalue weighted by Gasteiger charge is 2.25. The highest BCUT2D eigenvalue weighted by molar-refractivity contribution is 6.00. The van der Waals surface area contributed by atoms with Gasteiger partial charge in [0, 0.05) is 30.9 Å². The molecule has 1 aliphatic rings. The topological polar surface area (TPSA) is 118 Å². The van der Waals surface area contributed by atoms with Gasteiger partial charge < -0.3 is 20.5 Å². The number of nitrogen functional groups attached to an aromatic ring is 1. The van der Waals surface area contributed by atoms with E-state index in [1.54, 1.807) is 18.2 Å². The Bertz CT molecular complexity index is 992. The number of hydrogen-bond acceptors (Lipinski definition) is 6. The van der Waals surface area contributed by atoms with Crippen molar-refractivity contribution in [2.45, 2.75) is 18.9 Å². The number of nitrogens with two attached hydrogens (primary N) is 1. The number of nitrogens with zero attached hydrogens (tertiary/aromatic N) is 4. The van der Waals surface area contributed by atoms with Crippen LogP contribution in [0.1, 0.15) is 18.9 Å². The quantitative estimate of drug-likeness (QED) is 0.646. The van der Waals surface area contributed by atoms with Gasteiger partial charge in [-0.1, -0.05) is 12.1 Å². The first-order valence-electron chi connectivity index (χ1n) is 8.87. The number of phenolic OH excluding ortho intramolecular Hbond substituents is 1. The van der Waals surface area contributed by atoms with Gasteiger partial charge in [-0.15, -0.1) is 0 Å². The molecule has 0 spiro atoms. The lowest BCUT2D eigenvalue weighted by Gasteiger charge is -2.31. The summed E-state index contributed by atoms with van der Waals surface area (Å²) in [6.07, 6.45) is 5.14. The maximum atomic E-state index is 10.9. The minimum absolute atomic E-state index is 0.0722. The number of carbonyl (C=O) groups is 1. The fourth-order valence-electron chi connectivity index (χ4n) is 3.83. The molecule has 0 atom stereocenters. The molecule has 1 aliphatic heterocycles. The van der Waals surface area contributed by atoms with Gasteiger partial charge in [-0.2, -0.15) is 0 Å². The van der Waals surface area contributed by atoms with Gasteiger partial charge in [0.15, 0.2) is 0 Å². The highest BCUT2D eigenvalue weighted by atomic mass is 16.4. The second kappa shape index (κ2) is 6.88. The zero-order valence-corrected chi connectivity index (χ0v) is 14.7. The number of carboxylic acid groups (broad SMARTS) is 1. The number of rotatable bonds is 4. The largest absolute Gasteiger partial charge is 0.508 e. The summed E-state index contributed by atoms with van der Waals surface area (Å²) in [6, 6.07) is 7.23. The lowest BCUT2D eigenvalue weighted by molar-refractivity contribution is -0.138. The standard InChI is InChI=1S/C19H21N5O3/c20-18-17-15(12-2-1-3-14(25)8-12)9-24(19(17)22-11-21-18)13-4-6-23(7-5-13)10-16(26)27/h1-3,8-9,11,13,25H,4-7,10H2,(H,26,27)(H2,20,21,22). The minimum atomic E-state index is -0.799. The minimum Gasteiger partial charge on any atom is -0.508 e. The molecule has 8 nitrogen and oxygen atoms in total. The van der Waals surface area contributed by atoms with Crippen molar-refractivity contribution in [3.63, 3.8) is 0 Å². The molecule has 27 heavy (non-hydrogen) atoms. The number of phenols is 1. The third-order valence-corrected chi connectivity index (χ3v) is 5.11. The van der Waals surface area contributed by atoms with Crippen molar-refractivity contribution in [2.75, 3.05) is 25.4 Å². The molecule has 0 bridgehead atoms. The SMILES string of the molecule is Nc1ncnc2c1c(-c1cccc(O)c1)cn2C1CCN(CC(=O)O)CC1. The molecule has 3 heterocycles. The van der Waals surface area contributed by atoms with Crippen molar-refractivity contribution in [1.29, 1.82) is 0 Å². The van der Waals surface area contributed by atoms with Gasteiger partial charge in [0.2, 0.25) is 0 Å². The first kappa shape index (κ1) is 17.3. The Hall–Kier alpha value is -3.13. The number of fused-ring (bicyclic) bond motifs is 1. The molecular weight excluding hydrogens is 346 g/mol.